The summed E-state index contributed by atoms with van der Waals surface area (Å²) in [6, 6.07) is 8.10. The van der Waals surface area contributed by atoms with Gasteiger partial charge >= 0.3 is 0 Å². The van der Waals surface area contributed by atoms with Gasteiger partial charge in [-0.05, 0) is 31.0 Å². The molecule has 5 heteroatoms. The van der Waals surface area contributed by atoms with E-state index in [1.54, 1.807) is 0 Å². The molecule has 0 saturated carbocycles. The largest absolute Gasteiger partial charge is 0.337 e. The molecule has 4 nitrogen and oxygen atoms in total. The number of benzene rings is 1. The van der Waals surface area contributed by atoms with E-state index in [0.717, 1.165) is 23.0 Å². The van der Waals surface area contributed by atoms with Crippen molar-refractivity contribution < 1.29 is 4.52 Å². The predicted octanol–water partition coefficient (Wildman–Crippen LogP) is 3.17. The second-order valence-corrected chi connectivity index (χ2v) is 5.58. The first-order valence-corrected chi connectivity index (χ1v) is 6.86. The average Bonchev–Trinajstić information content (AvgIpc) is 2.97. The van der Waals surface area contributed by atoms with Gasteiger partial charge in [0.05, 0.1) is 6.04 Å². The maximum atomic E-state index is 5.37. The Morgan fingerprint density at radius 3 is 3.06 bits per heavy atom. The zero-order valence-electron chi connectivity index (χ0n) is 10.1. The lowest BCUT2D eigenvalue weighted by molar-refractivity contribution is 0.319. The first-order chi connectivity index (χ1) is 8.74. The minimum atomic E-state index is 0.193. The van der Waals surface area contributed by atoms with Crippen LogP contribution in [-0.4, -0.2) is 16.7 Å². The van der Waals surface area contributed by atoms with Crippen LogP contribution in [0, 0.1) is 5.92 Å². The van der Waals surface area contributed by atoms with Crippen molar-refractivity contribution in [2.24, 2.45) is 5.92 Å². The molecule has 1 aromatic carbocycles. The minimum Gasteiger partial charge on any atom is -0.337 e. The summed E-state index contributed by atoms with van der Waals surface area (Å²) in [7, 11) is 0. The SMILES string of the molecule is CC1CCNC1c1nc(-c2cccc(Br)c2)no1. The molecule has 94 valence electrons. The first-order valence-electron chi connectivity index (χ1n) is 6.07. The lowest BCUT2D eigenvalue weighted by Gasteiger charge is -2.09. The molecular formula is C13H14BrN3O. The number of aromatic nitrogens is 2. The molecule has 1 N–H and O–H groups in total. The van der Waals surface area contributed by atoms with Crippen molar-refractivity contribution in [1.29, 1.82) is 0 Å². The van der Waals surface area contributed by atoms with Gasteiger partial charge in [0.15, 0.2) is 0 Å². The molecule has 0 aliphatic carbocycles. The van der Waals surface area contributed by atoms with Gasteiger partial charge in [0, 0.05) is 10.0 Å². The van der Waals surface area contributed by atoms with Gasteiger partial charge in [0.25, 0.3) is 0 Å². The molecule has 0 radical (unpaired) electrons. The number of rotatable bonds is 2. The van der Waals surface area contributed by atoms with E-state index in [-0.39, 0.29) is 6.04 Å². The van der Waals surface area contributed by atoms with E-state index in [1.807, 2.05) is 24.3 Å². The second-order valence-electron chi connectivity index (χ2n) is 4.66. The molecule has 2 atom stereocenters. The van der Waals surface area contributed by atoms with E-state index in [4.69, 9.17) is 4.52 Å². The fraction of sp³-hybridized carbons (Fsp3) is 0.385. The van der Waals surface area contributed by atoms with E-state index >= 15 is 0 Å². The van der Waals surface area contributed by atoms with Crippen molar-refractivity contribution in [3.8, 4) is 11.4 Å². The van der Waals surface area contributed by atoms with Crippen molar-refractivity contribution in [2.45, 2.75) is 19.4 Å². The Labute approximate surface area is 114 Å². The Morgan fingerprint density at radius 2 is 2.33 bits per heavy atom. The zero-order chi connectivity index (χ0) is 12.5. The smallest absolute Gasteiger partial charge is 0.244 e. The predicted molar refractivity (Wildman–Crippen MR) is 72.0 cm³/mol. The molecule has 2 heterocycles. The van der Waals surface area contributed by atoms with Gasteiger partial charge in [-0.15, -0.1) is 0 Å². The molecule has 1 aromatic heterocycles. The molecule has 1 saturated heterocycles. The molecular weight excluding hydrogens is 294 g/mol. The molecule has 0 bridgehead atoms. The van der Waals surface area contributed by atoms with Gasteiger partial charge < -0.3 is 9.84 Å². The van der Waals surface area contributed by atoms with E-state index in [9.17, 15) is 0 Å². The van der Waals surface area contributed by atoms with Gasteiger partial charge in [-0.1, -0.05) is 40.1 Å². The lowest BCUT2D eigenvalue weighted by atomic mass is 10.0. The Bertz CT molecular complexity index is 555. The summed E-state index contributed by atoms with van der Waals surface area (Å²) in [5.41, 5.74) is 0.963. The normalized spacial score (nSPS) is 23.4. The molecule has 0 amide bonds. The van der Waals surface area contributed by atoms with Crippen molar-refractivity contribution in [3.63, 3.8) is 0 Å². The second kappa shape index (κ2) is 4.82. The molecule has 18 heavy (non-hydrogen) atoms. The lowest BCUT2D eigenvalue weighted by Crippen LogP contribution is -2.16. The molecule has 3 rings (SSSR count). The van der Waals surface area contributed by atoms with Crippen LogP contribution in [0.15, 0.2) is 33.3 Å². The number of hydrogen-bond donors (Lipinski definition) is 1. The highest BCUT2D eigenvalue weighted by atomic mass is 79.9. The molecule has 1 aliphatic rings. The maximum absolute atomic E-state index is 5.37. The number of hydrogen-bond acceptors (Lipinski definition) is 4. The fourth-order valence-corrected chi connectivity index (χ4v) is 2.67. The number of nitrogens with zero attached hydrogens (tertiary/aromatic N) is 2. The summed E-state index contributed by atoms with van der Waals surface area (Å²) in [6.45, 7) is 3.22. The van der Waals surface area contributed by atoms with Crippen LogP contribution in [0.2, 0.25) is 0 Å². The Morgan fingerprint density at radius 1 is 1.44 bits per heavy atom. The van der Waals surface area contributed by atoms with Crippen LogP contribution >= 0.6 is 15.9 Å². The van der Waals surface area contributed by atoms with Crippen LogP contribution in [0.5, 0.6) is 0 Å². The van der Waals surface area contributed by atoms with Crippen molar-refractivity contribution in [1.82, 2.24) is 15.5 Å². The van der Waals surface area contributed by atoms with Crippen LogP contribution in [0.3, 0.4) is 0 Å². The van der Waals surface area contributed by atoms with Crippen LogP contribution in [-0.2, 0) is 0 Å². The van der Waals surface area contributed by atoms with E-state index in [0.29, 0.717) is 17.6 Å². The van der Waals surface area contributed by atoms with Crippen molar-refractivity contribution >= 4 is 15.9 Å². The van der Waals surface area contributed by atoms with Crippen LogP contribution in [0.1, 0.15) is 25.3 Å². The summed E-state index contributed by atoms with van der Waals surface area (Å²) < 4.78 is 6.39. The van der Waals surface area contributed by atoms with Crippen LogP contribution in [0.4, 0.5) is 0 Å². The summed E-state index contributed by atoms with van der Waals surface area (Å²) in [4.78, 5) is 4.49. The van der Waals surface area contributed by atoms with E-state index in [1.165, 1.54) is 0 Å². The van der Waals surface area contributed by atoms with Crippen LogP contribution in [0.25, 0.3) is 11.4 Å². The quantitative estimate of drug-likeness (QED) is 0.926. The highest BCUT2D eigenvalue weighted by molar-refractivity contribution is 9.10. The van der Waals surface area contributed by atoms with Crippen molar-refractivity contribution in [2.75, 3.05) is 6.54 Å². The molecule has 1 fully saturated rings. The van der Waals surface area contributed by atoms with Gasteiger partial charge in [0.1, 0.15) is 0 Å². The highest BCUT2D eigenvalue weighted by Gasteiger charge is 2.29. The number of halogens is 1. The van der Waals surface area contributed by atoms with Gasteiger partial charge in [-0.2, -0.15) is 4.98 Å². The van der Waals surface area contributed by atoms with Crippen molar-refractivity contribution in [3.05, 3.63) is 34.6 Å². The first kappa shape index (κ1) is 11.9. The third-order valence-electron chi connectivity index (χ3n) is 3.32. The maximum Gasteiger partial charge on any atom is 0.244 e. The zero-order valence-corrected chi connectivity index (χ0v) is 11.6. The topological polar surface area (TPSA) is 51.0 Å². The van der Waals surface area contributed by atoms with E-state index < -0.39 is 0 Å². The summed E-state index contributed by atoms with van der Waals surface area (Å²) >= 11 is 3.44. The van der Waals surface area contributed by atoms with Gasteiger partial charge in [-0.3, -0.25) is 0 Å². The van der Waals surface area contributed by atoms with Crippen LogP contribution < -0.4 is 5.32 Å². The highest BCUT2D eigenvalue weighted by Crippen LogP contribution is 2.29. The molecule has 1 aliphatic heterocycles. The standard InChI is InChI=1S/C13H14BrN3O/c1-8-5-6-15-11(8)13-16-12(17-18-13)9-3-2-4-10(14)7-9/h2-4,7-8,11,15H,5-6H2,1H3. The van der Waals surface area contributed by atoms with Gasteiger partial charge in [-0.25, -0.2) is 0 Å². The minimum absolute atomic E-state index is 0.193. The summed E-state index contributed by atoms with van der Waals surface area (Å²) in [6.07, 6.45) is 1.15. The van der Waals surface area contributed by atoms with E-state index in [2.05, 4.69) is 38.3 Å². The third kappa shape index (κ3) is 2.20. The third-order valence-corrected chi connectivity index (χ3v) is 3.82. The monoisotopic (exact) mass is 307 g/mol. The number of nitrogens with one attached hydrogen (secondary N) is 1. The molecule has 2 unspecified atom stereocenters. The fourth-order valence-electron chi connectivity index (χ4n) is 2.27. The Balaban J connectivity index is 1.89. The Kier molecular flexibility index (Phi) is 3.18. The Hall–Kier alpha value is -1.20. The average molecular weight is 308 g/mol. The summed E-state index contributed by atoms with van der Waals surface area (Å²) in [5, 5.41) is 7.45. The van der Waals surface area contributed by atoms with Gasteiger partial charge in [0.2, 0.25) is 11.7 Å². The summed E-state index contributed by atoms with van der Waals surface area (Å²) in [5.74, 6) is 1.88. The molecule has 2 aromatic rings. The molecule has 0 spiro atoms.